The average molecular weight is 400 g/mol. The number of hydrogen-bond acceptors (Lipinski definition) is 6. The van der Waals surface area contributed by atoms with Gasteiger partial charge in [0.05, 0.1) is 20.1 Å². The maximum absolute atomic E-state index is 12.7. The molecular weight excluding hydrogens is 376 g/mol. The van der Waals surface area contributed by atoms with Crippen molar-refractivity contribution in [3.05, 3.63) is 41.6 Å². The van der Waals surface area contributed by atoms with E-state index in [2.05, 4.69) is 10.4 Å². The minimum absolute atomic E-state index is 0.0971. The van der Waals surface area contributed by atoms with Crippen LogP contribution in [0.2, 0.25) is 0 Å². The van der Waals surface area contributed by atoms with Gasteiger partial charge in [-0.15, -0.1) is 5.10 Å². The van der Waals surface area contributed by atoms with Crippen LogP contribution in [0.15, 0.2) is 30.5 Å². The van der Waals surface area contributed by atoms with Gasteiger partial charge >= 0.3 is 5.97 Å². The first kappa shape index (κ1) is 20.4. The van der Waals surface area contributed by atoms with Gasteiger partial charge in [-0.3, -0.25) is 19.1 Å². The van der Waals surface area contributed by atoms with Crippen molar-refractivity contribution >= 4 is 23.5 Å². The Balaban J connectivity index is 1.60. The molecular formula is C20H24N4O5. The number of esters is 1. The number of nitrogens with one attached hydrogen (secondary N) is 1. The van der Waals surface area contributed by atoms with Crippen molar-refractivity contribution in [2.24, 2.45) is 13.0 Å². The summed E-state index contributed by atoms with van der Waals surface area (Å²) in [6.45, 7) is 1.02. The Kier molecular flexibility index (Phi) is 6.16. The number of aromatic nitrogens is 2. The summed E-state index contributed by atoms with van der Waals surface area (Å²) < 4.78 is 11.4. The Morgan fingerprint density at radius 3 is 2.34 bits per heavy atom. The molecule has 3 rings (SSSR count). The molecule has 1 aliphatic rings. The summed E-state index contributed by atoms with van der Waals surface area (Å²) in [5.41, 5.74) is 1.41. The molecule has 29 heavy (non-hydrogen) atoms. The van der Waals surface area contributed by atoms with Crippen molar-refractivity contribution in [2.45, 2.75) is 12.8 Å². The van der Waals surface area contributed by atoms with E-state index in [1.165, 1.54) is 18.9 Å². The summed E-state index contributed by atoms with van der Waals surface area (Å²) in [7, 11) is 4.53. The Morgan fingerprint density at radius 2 is 1.76 bits per heavy atom. The van der Waals surface area contributed by atoms with Gasteiger partial charge in [-0.25, -0.2) is 0 Å². The molecule has 2 heterocycles. The Morgan fingerprint density at radius 1 is 1.10 bits per heavy atom. The molecule has 1 aromatic heterocycles. The van der Waals surface area contributed by atoms with Gasteiger partial charge in [0.2, 0.25) is 5.88 Å². The monoisotopic (exact) mass is 400 g/mol. The Bertz CT molecular complexity index is 898. The molecule has 1 aromatic carbocycles. The fourth-order valence-electron chi connectivity index (χ4n) is 3.34. The Hall–Kier alpha value is -3.36. The third-order valence-corrected chi connectivity index (χ3v) is 4.94. The second kappa shape index (κ2) is 8.76. The molecule has 0 spiro atoms. The first-order valence-electron chi connectivity index (χ1n) is 9.29. The van der Waals surface area contributed by atoms with E-state index in [4.69, 9.17) is 9.47 Å². The molecule has 1 aliphatic heterocycles. The van der Waals surface area contributed by atoms with Crippen LogP contribution in [0.4, 0.5) is 5.69 Å². The van der Waals surface area contributed by atoms with Gasteiger partial charge < -0.3 is 19.7 Å². The number of amides is 2. The zero-order valence-corrected chi connectivity index (χ0v) is 16.7. The molecule has 0 unspecified atom stereocenters. The van der Waals surface area contributed by atoms with Crippen LogP contribution in [0.1, 0.15) is 33.6 Å². The number of nitrogens with zero attached hydrogens (tertiary/aromatic N) is 3. The minimum atomic E-state index is -0.348. The lowest BCUT2D eigenvalue weighted by molar-refractivity contribution is -0.146. The third-order valence-electron chi connectivity index (χ3n) is 4.94. The second-order valence-corrected chi connectivity index (χ2v) is 6.85. The summed E-state index contributed by atoms with van der Waals surface area (Å²) in [4.78, 5) is 38.4. The van der Waals surface area contributed by atoms with Crippen LogP contribution in [0.5, 0.6) is 5.88 Å². The van der Waals surface area contributed by atoms with Gasteiger partial charge in [0, 0.05) is 37.6 Å². The largest absolute Gasteiger partial charge is 0.479 e. The number of likely N-dealkylation sites (tertiary alicyclic amines) is 1. The predicted octanol–water partition coefficient (Wildman–Crippen LogP) is 1.71. The van der Waals surface area contributed by atoms with Crippen LogP contribution in [-0.2, 0) is 16.6 Å². The summed E-state index contributed by atoms with van der Waals surface area (Å²) in [6.07, 6.45) is 2.77. The van der Waals surface area contributed by atoms with E-state index in [-0.39, 0.29) is 29.6 Å². The molecule has 154 valence electrons. The van der Waals surface area contributed by atoms with E-state index in [0.717, 1.165) is 0 Å². The quantitative estimate of drug-likeness (QED) is 0.767. The molecule has 1 N–H and O–H groups in total. The van der Waals surface area contributed by atoms with Gasteiger partial charge in [-0.2, -0.15) is 0 Å². The maximum Gasteiger partial charge on any atom is 0.308 e. The summed E-state index contributed by atoms with van der Waals surface area (Å²) >= 11 is 0. The van der Waals surface area contributed by atoms with Crippen molar-refractivity contribution in [1.29, 1.82) is 0 Å². The standard InChI is InChI=1S/C20H24N4O5/c1-23-12-16(18(22-23)28-2)17(25)21-15-6-4-13(5-7-15)19(26)24-10-8-14(9-11-24)20(27)29-3/h4-7,12,14H,8-11H2,1-3H3,(H,21,25). The molecule has 9 heteroatoms. The SMILES string of the molecule is COC(=O)C1CCN(C(=O)c2ccc(NC(=O)c3cn(C)nc3OC)cc2)CC1. The molecule has 0 bridgehead atoms. The third kappa shape index (κ3) is 4.56. The van der Waals surface area contributed by atoms with E-state index in [0.29, 0.717) is 42.7 Å². The van der Waals surface area contributed by atoms with E-state index < -0.39 is 0 Å². The van der Waals surface area contributed by atoms with E-state index >= 15 is 0 Å². The van der Waals surface area contributed by atoms with Crippen LogP contribution < -0.4 is 10.1 Å². The molecule has 1 saturated heterocycles. The van der Waals surface area contributed by atoms with Crippen molar-refractivity contribution in [1.82, 2.24) is 14.7 Å². The molecule has 1 fully saturated rings. The molecule has 0 aliphatic carbocycles. The number of carbonyl (C=O) groups excluding carboxylic acids is 3. The van der Waals surface area contributed by atoms with Gasteiger partial charge in [0.15, 0.2) is 0 Å². The number of rotatable bonds is 5. The number of methoxy groups -OCH3 is 2. The second-order valence-electron chi connectivity index (χ2n) is 6.85. The number of ether oxygens (including phenoxy) is 2. The molecule has 0 saturated carbocycles. The highest BCUT2D eigenvalue weighted by Crippen LogP contribution is 2.21. The molecule has 9 nitrogen and oxygen atoms in total. The van der Waals surface area contributed by atoms with Crippen LogP contribution in [0.25, 0.3) is 0 Å². The topological polar surface area (TPSA) is 103 Å². The van der Waals surface area contributed by atoms with Gasteiger partial charge in [-0.1, -0.05) is 0 Å². The molecule has 0 radical (unpaired) electrons. The first-order valence-corrected chi connectivity index (χ1v) is 9.29. The fraction of sp³-hybridized carbons (Fsp3) is 0.400. The zero-order chi connectivity index (χ0) is 21.0. The lowest BCUT2D eigenvalue weighted by atomic mass is 9.96. The van der Waals surface area contributed by atoms with Gasteiger partial charge in [0.25, 0.3) is 11.8 Å². The van der Waals surface area contributed by atoms with Crippen LogP contribution in [-0.4, -0.2) is 59.8 Å². The highest BCUT2D eigenvalue weighted by molar-refractivity contribution is 6.06. The van der Waals surface area contributed by atoms with E-state index in [9.17, 15) is 14.4 Å². The van der Waals surface area contributed by atoms with Crippen LogP contribution in [0.3, 0.4) is 0 Å². The van der Waals surface area contributed by atoms with Crippen molar-refractivity contribution in [2.75, 3.05) is 32.6 Å². The first-order chi connectivity index (χ1) is 13.9. The highest BCUT2D eigenvalue weighted by atomic mass is 16.5. The molecule has 0 atom stereocenters. The average Bonchev–Trinajstić information content (AvgIpc) is 3.14. The van der Waals surface area contributed by atoms with Crippen molar-refractivity contribution in [3.8, 4) is 5.88 Å². The highest BCUT2D eigenvalue weighted by Gasteiger charge is 2.28. The summed E-state index contributed by atoms with van der Waals surface area (Å²) in [5.74, 6) is -0.570. The minimum Gasteiger partial charge on any atom is -0.479 e. The van der Waals surface area contributed by atoms with Crippen LogP contribution >= 0.6 is 0 Å². The smallest absolute Gasteiger partial charge is 0.308 e. The van der Waals surface area contributed by atoms with Crippen molar-refractivity contribution < 1.29 is 23.9 Å². The fourth-order valence-corrected chi connectivity index (χ4v) is 3.34. The number of carbonyl (C=O) groups is 3. The number of aryl methyl sites for hydroxylation is 1. The number of hydrogen-bond donors (Lipinski definition) is 1. The Labute approximate surface area is 168 Å². The zero-order valence-electron chi connectivity index (χ0n) is 16.7. The predicted molar refractivity (Wildman–Crippen MR) is 105 cm³/mol. The number of benzene rings is 1. The summed E-state index contributed by atoms with van der Waals surface area (Å²) in [6, 6.07) is 6.69. The normalized spacial score (nSPS) is 14.4. The summed E-state index contributed by atoms with van der Waals surface area (Å²) in [5, 5.41) is 6.83. The maximum atomic E-state index is 12.7. The molecule has 2 aromatic rings. The van der Waals surface area contributed by atoms with E-state index in [1.54, 1.807) is 42.4 Å². The van der Waals surface area contributed by atoms with Gasteiger partial charge in [-0.05, 0) is 37.1 Å². The number of piperidine rings is 1. The van der Waals surface area contributed by atoms with Crippen molar-refractivity contribution in [3.63, 3.8) is 0 Å². The lowest BCUT2D eigenvalue weighted by Crippen LogP contribution is -2.40. The van der Waals surface area contributed by atoms with Crippen LogP contribution in [0, 0.1) is 5.92 Å². The molecule has 2 amide bonds. The lowest BCUT2D eigenvalue weighted by Gasteiger charge is -2.30. The van der Waals surface area contributed by atoms with E-state index in [1.807, 2.05) is 0 Å². The number of anilines is 1. The van der Waals surface area contributed by atoms with Gasteiger partial charge in [0.1, 0.15) is 5.56 Å².